The number of carbonyl (C=O) groups is 1. The molecule has 0 saturated heterocycles. The lowest BCUT2D eigenvalue weighted by atomic mass is 10.1. The predicted molar refractivity (Wildman–Crippen MR) is 61.6 cm³/mol. The minimum atomic E-state index is -4.41. The summed E-state index contributed by atoms with van der Waals surface area (Å²) in [6.45, 7) is 0. The second-order valence-corrected chi connectivity index (χ2v) is 5.38. The van der Waals surface area contributed by atoms with Crippen molar-refractivity contribution in [3.05, 3.63) is 35.9 Å². The summed E-state index contributed by atoms with van der Waals surface area (Å²) in [7, 11) is -4.41. The van der Waals surface area contributed by atoms with Gasteiger partial charge in [-0.05, 0) is 16.5 Å². The molecule has 0 heterocycles. The van der Waals surface area contributed by atoms with Gasteiger partial charge in [-0.25, -0.2) is 0 Å². The van der Waals surface area contributed by atoms with E-state index in [2.05, 4.69) is 10.0 Å². The van der Waals surface area contributed by atoms with Gasteiger partial charge in [0.1, 0.15) is 12.3 Å². The number of aliphatic carboxylic acids is 1. The van der Waals surface area contributed by atoms with Crippen molar-refractivity contribution < 1.29 is 28.6 Å². The molecule has 0 fully saturated rings. The van der Waals surface area contributed by atoms with E-state index in [0.29, 0.717) is 0 Å². The molecule has 0 bridgehead atoms. The van der Waals surface area contributed by atoms with Gasteiger partial charge in [-0.2, -0.15) is 0 Å². The minimum absolute atomic E-state index is 0.114. The molecule has 0 saturated carbocycles. The number of carboxylic acid groups (broad SMARTS) is 1. The van der Waals surface area contributed by atoms with Gasteiger partial charge in [-0.3, -0.25) is 14.7 Å². The molecule has 6 nitrogen and oxygen atoms in total. The van der Waals surface area contributed by atoms with Crippen LogP contribution < -0.4 is 5.32 Å². The van der Waals surface area contributed by atoms with Crippen LogP contribution in [-0.2, 0) is 20.5 Å². The first-order valence-electron chi connectivity index (χ1n) is 5.07. The van der Waals surface area contributed by atoms with Crippen LogP contribution >= 0.6 is 7.60 Å². The van der Waals surface area contributed by atoms with E-state index in [1.54, 1.807) is 30.3 Å². The van der Waals surface area contributed by atoms with Gasteiger partial charge in [-0.15, -0.1) is 4.73 Å². The molecule has 100 valence electrons. The van der Waals surface area contributed by atoms with E-state index in [1.165, 1.54) is 0 Å². The zero-order chi connectivity index (χ0) is 13.6. The van der Waals surface area contributed by atoms with Crippen LogP contribution in [0.4, 0.5) is 4.53 Å². The summed E-state index contributed by atoms with van der Waals surface area (Å²) < 4.78 is 25.4. The quantitative estimate of drug-likeness (QED) is 0.650. The fourth-order valence-electron chi connectivity index (χ4n) is 1.35. The third-order valence-electron chi connectivity index (χ3n) is 2.23. The minimum Gasteiger partial charge on any atom is -0.480 e. The van der Waals surface area contributed by atoms with Crippen molar-refractivity contribution >= 4 is 13.6 Å². The first-order valence-corrected chi connectivity index (χ1v) is 6.83. The summed E-state index contributed by atoms with van der Waals surface area (Å²) in [5, 5.41) is 11.2. The van der Waals surface area contributed by atoms with Gasteiger partial charge < -0.3 is 10.00 Å². The zero-order valence-electron chi connectivity index (χ0n) is 9.32. The molecule has 1 aromatic rings. The van der Waals surface area contributed by atoms with E-state index in [-0.39, 0.29) is 6.42 Å². The topological polar surface area (TPSA) is 95.9 Å². The first-order chi connectivity index (χ1) is 8.44. The standard InChI is InChI=1S/C10H13FNO5P/c11-17-18(15,16)7-12-9(10(13)14)6-8-4-2-1-3-5-8/h1-5,9,12H,6-7H2,(H,13,14)(H,15,16)/t9-/m0/s1. The summed E-state index contributed by atoms with van der Waals surface area (Å²) in [6.07, 6.45) is -0.657. The Morgan fingerprint density at radius 3 is 2.56 bits per heavy atom. The Balaban J connectivity index is 2.62. The Labute approximate surface area is 103 Å². The van der Waals surface area contributed by atoms with Crippen LogP contribution in [0.5, 0.6) is 0 Å². The van der Waals surface area contributed by atoms with Crippen LogP contribution in [0.1, 0.15) is 5.56 Å². The van der Waals surface area contributed by atoms with Gasteiger partial charge >= 0.3 is 13.6 Å². The second kappa shape index (κ2) is 6.61. The van der Waals surface area contributed by atoms with Crippen LogP contribution in [0.25, 0.3) is 0 Å². The Morgan fingerprint density at radius 1 is 1.44 bits per heavy atom. The van der Waals surface area contributed by atoms with Crippen LogP contribution in [0.3, 0.4) is 0 Å². The van der Waals surface area contributed by atoms with Crippen molar-refractivity contribution in [2.75, 3.05) is 6.29 Å². The molecule has 0 aliphatic heterocycles. The lowest BCUT2D eigenvalue weighted by molar-refractivity contribution is -0.139. The molecule has 0 aliphatic rings. The van der Waals surface area contributed by atoms with Crippen molar-refractivity contribution in [3.8, 4) is 0 Å². The highest BCUT2D eigenvalue weighted by Crippen LogP contribution is 2.40. The van der Waals surface area contributed by atoms with Crippen LogP contribution in [0, 0.1) is 0 Å². The lowest BCUT2D eigenvalue weighted by Crippen LogP contribution is -2.39. The number of hydrogen-bond acceptors (Lipinski definition) is 4. The molecule has 18 heavy (non-hydrogen) atoms. The smallest absolute Gasteiger partial charge is 0.374 e. The maximum absolute atomic E-state index is 11.6. The number of nitrogens with one attached hydrogen (secondary N) is 1. The van der Waals surface area contributed by atoms with E-state index in [9.17, 15) is 13.9 Å². The first kappa shape index (κ1) is 14.8. The average Bonchev–Trinajstić information content (AvgIpc) is 2.35. The monoisotopic (exact) mass is 277 g/mol. The van der Waals surface area contributed by atoms with E-state index in [4.69, 9.17) is 10.00 Å². The van der Waals surface area contributed by atoms with E-state index in [0.717, 1.165) is 5.56 Å². The molecule has 1 aromatic carbocycles. The summed E-state index contributed by atoms with van der Waals surface area (Å²) in [5.41, 5.74) is 0.742. The molecule has 3 N–H and O–H groups in total. The number of benzene rings is 1. The predicted octanol–water partition coefficient (Wildman–Crippen LogP) is 1.32. The molecule has 1 rings (SSSR count). The number of hydrogen-bond donors (Lipinski definition) is 3. The van der Waals surface area contributed by atoms with Gasteiger partial charge in [0.2, 0.25) is 0 Å². The molecule has 0 aliphatic carbocycles. The highest BCUT2D eigenvalue weighted by Gasteiger charge is 2.25. The number of rotatable bonds is 7. The van der Waals surface area contributed by atoms with Crippen LogP contribution in [0.2, 0.25) is 0 Å². The lowest BCUT2D eigenvalue weighted by Gasteiger charge is -2.15. The van der Waals surface area contributed by atoms with Crippen molar-refractivity contribution in [2.24, 2.45) is 0 Å². The number of carboxylic acids is 1. The Kier molecular flexibility index (Phi) is 5.43. The molecule has 8 heteroatoms. The molecule has 0 amide bonds. The molecule has 0 radical (unpaired) electrons. The van der Waals surface area contributed by atoms with Gasteiger partial charge in [0, 0.05) is 0 Å². The van der Waals surface area contributed by atoms with Crippen LogP contribution in [0.15, 0.2) is 30.3 Å². The molecular weight excluding hydrogens is 264 g/mol. The van der Waals surface area contributed by atoms with Gasteiger partial charge in [0.25, 0.3) is 0 Å². The van der Waals surface area contributed by atoms with E-state index < -0.39 is 25.9 Å². The zero-order valence-corrected chi connectivity index (χ0v) is 10.2. The van der Waals surface area contributed by atoms with Crippen LogP contribution in [-0.4, -0.2) is 28.3 Å². The summed E-state index contributed by atoms with van der Waals surface area (Å²) in [6, 6.07) is 7.63. The normalized spacial score (nSPS) is 15.9. The molecule has 2 atom stereocenters. The van der Waals surface area contributed by atoms with E-state index in [1.807, 2.05) is 0 Å². The second-order valence-electron chi connectivity index (χ2n) is 3.65. The molecule has 1 unspecified atom stereocenters. The highest BCUT2D eigenvalue weighted by molar-refractivity contribution is 7.52. The Hall–Kier alpha value is -1.27. The van der Waals surface area contributed by atoms with Crippen molar-refractivity contribution in [1.29, 1.82) is 0 Å². The van der Waals surface area contributed by atoms with E-state index >= 15 is 0 Å². The third-order valence-corrected chi connectivity index (χ3v) is 3.02. The third kappa shape index (κ3) is 4.93. The number of halogens is 1. The molecular formula is C10H13FNO5P. The summed E-state index contributed by atoms with van der Waals surface area (Å²) >= 11 is 0. The van der Waals surface area contributed by atoms with Gasteiger partial charge in [0.15, 0.2) is 0 Å². The van der Waals surface area contributed by atoms with Crippen molar-refractivity contribution in [1.82, 2.24) is 5.32 Å². The van der Waals surface area contributed by atoms with Crippen molar-refractivity contribution in [3.63, 3.8) is 0 Å². The largest absolute Gasteiger partial charge is 0.480 e. The summed E-state index contributed by atoms with van der Waals surface area (Å²) in [5.74, 6) is -1.20. The molecule has 0 spiro atoms. The maximum atomic E-state index is 11.6. The molecule has 0 aromatic heterocycles. The Bertz CT molecular complexity index is 441. The highest BCUT2D eigenvalue weighted by atomic mass is 31.2. The Morgan fingerprint density at radius 2 is 2.06 bits per heavy atom. The van der Waals surface area contributed by atoms with Crippen molar-refractivity contribution in [2.45, 2.75) is 12.5 Å². The van der Waals surface area contributed by atoms with Gasteiger partial charge in [0.05, 0.1) is 0 Å². The maximum Gasteiger partial charge on any atom is 0.374 e. The fraction of sp³-hybridized carbons (Fsp3) is 0.300. The average molecular weight is 277 g/mol. The van der Waals surface area contributed by atoms with Gasteiger partial charge in [-0.1, -0.05) is 30.3 Å². The fourth-order valence-corrected chi connectivity index (χ4v) is 1.85. The summed E-state index contributed by atoms with van der Waals surface area (Å²) in [4.78, 5) is 19.8. The SMILES string of the molecule is O=C(O)[C@H](Cc1ccccc1)NCP(=O)(O)OF.